The van der Waals surface area contributed by atoms with Crippen LogP contribution < -0.4 is 20.1 Å². The summed E-state index contributed by atoms with van der Waals surface area (Å²) in [5.41, 5.74) is 1.66. The van der Waals surface area contributed by atoms with E-state index in [0.29, 0.717) is 31.1 Å². The van der Waals surface area contributed by atoms with Crippen LogP contribution in [-0.2, 0) is 11.3 Å². The molecule has 166 valence electrons. The van der Waals surface area contributed by atoms with E-state index in [2.05, 4.69) is 15.6 Å². The van der Waals surface area contributed by atoms with Crippen molar-refractivity contribution in [2.75, 3.05) is 27.3 Å². The lowest BCUT2D eigenvalue weighted by Crippen LogP contribution is -2.42. The fourth-order valence-corrected chi connectivity index (χ4v) is 3.82. The molecule has 1 fully saturated rings. The summed E-state index contributed by atoms with van der Waals surface area (Å²) in [5, 5.41) is 5.89. The molecule has 1 aliphatic rings. The van der Waals surface area contributed by atoms with Crippen molar-refractivity contribution in [3.63, 3.8) is 0 Å². The molecule has 1 aromatic heterocycles. The largest absolute Gasteiger partial charge is 0.497 e. The van der Waals surface area contributed by atoms with E-state index in [-0.39, 0.29) is 23.9 Å². The normalized spacial score (nSPS) is 18.0. The molecule has 2 aromatic rings. The minimum Gasteiger partial charge on any atom is -0.497 e. The minimum atomic E-state index is -0.413. The van der Waals surface area contributed by atoms with Gasteiger partial charge in [-0.2, -0.15) is 0 Å². The SMILES string of the molecule is COc1ccc(C2CN(C(=O)NC(C)C)CC2C(=O)NCc2ccccn2)c(OC)c1. The second kappa shape index (κ2) is 10.1. The number of amides is 3. The molecule has 3 rings (SSSR count). The number of nitrogens with one attached hydrogen (secondary N) is 2. The maximum atomic E-state index is 13.2. The predicted molar refractivity (Wildman–Crippen MR) is 117 cm³/mol. The van der Waals surface area contributed by atoms with Gasteiger partial charge in [-0.05, 0) is 32.0 Å². The van der Waals surface area contributed by atoms with Gasteiger partial charge in [0.2, 0.25) is 5.91 Å². The number of carbonyl (C=O) groups is 2. The number of pyridine rings is 1. The summed E-state index contributed by atoms with van der Waals surface area (Å²) in [6, 6.07) is 11.0. The second-order valence-electron chi connectivity index (χ2n) is 7.87. The highest BCUT2D eigenvalue weighted by Gasteiger charge is 2.41. The van der Waals surface area contributed by atoms with E-state index < -0.39 is 5.92 Å². The van der Waals surface area contributed by atoms with E-state index >= 15 is 0 Å². The van der Waals surface area contributed by atoms with E-state index in [4.69, 9.17) is 9.47 Å². The third kappa shape index (κ3) is 5.45. The molecule has 1 aromatic carbocycles. The summed E-state index contributed by atoms with van der Waals surface area (Å²) >= 11 is 0. The topological polar surface area (TPSA) is 92.8 Å². The van der Waals surface area contributed by atoms with Gasteiger partial charge in [0.05, 0.1) is 32.4 Å². The predicted octanol–water partition coefficient (Wildman–Crippen LogP) is 2.55. The molecule has 8 nitrogen and oxygen atoms in total. The summed E-state index contributed by atoms with van der Waals surface area (Å²) in [4.78, 5) is 31.8. The van der Waals surface area contributed by atoms with Crippen molar-refractivity contribution in [3.05, 3.63) is 53.9 Å². The Labute approximate surface area is 182 Å². The number of carbonyl (C=O) groups excluding carboxylic acids is 2. The van der Waals surface area contributed by atoms with Gasteiger partial charge in [0.1, 0.15) is 11.5 Å². The van der Waals surface area contributed by atoms with Crippen LogP contribution in [0.5, 0.6) is 11.5 Å². The number of urea groups is 1. The smallest absolute Gasteiger partial charge is 0.317 e. The molecule has 0 saturated carbocycles. The highest BCUT2D eigenvalue weighted by atomic mass is 16.5. The molecule has 3 amide bonds. The van der Waals surface area contributed by atoms with E-state index in [1.54, 1.807) is 31.4 Å². The quantitative estimate of drug-likeness (QED) is 0.710. The van der Waals surface area contributed by atoms with Crippen LogP contribution in [0, 0.1) is 5.92 Å². The summed E-state index contributed by atoms with van der Waals surface area (Å²) in [6.45, 7) is 4.90. The monoisotopic (exact) mass is 426 g/mol. The Hall–Kier alpha value is -3.29. The number of rotatable bonds is 7. The van der Waals surface area contributed by atoms with Crippen LogP contribution >= 0.6 is 0 Å². The Morgan fingerprint density at radius 2 is 1.97 bits per heavy atom. The summed E-state index contributed by atoms with van der Waals surface area (Å²) in [6.07, 6.45) is 1.69. The number of nitrogens with zero attached hydrogens (tertiary/aromatic N) is 2. The molecule has 0 aliphatic carbocycles. The maximum Gasteiger partial charge on any atom is 0.317 e. The first-order valence-corrected chi connectivity index (χ1v) is 10.4. The van der Waals surface area contributed by atoms with Gasteiger partial charge in [-0.25, -0.2) is 4.79 Å². The van der Waals surface area contributed by atoms with Crippen molar-refractivity contribution in [2.45, 2.75) is 32.4 Å². The lowest BCUT2D eigenvalue weighted by Gasteiger charge is -2.21. The lowest BCUT2D eigenvalue weighted by atomic mass is 9.87. The number of ether oxygens (including phenoxy) is 2. The molecule has 1 aliphatic heterocycles. The van der Waals surface area contributed by atoms with E-state index in [9.17, 15) is 9.59 Å². The average molecular weight is 427 g/mol. The Morgan fingerprint density at radius 1 is 1.16 bits per heavy atom. The first-order valence-electron chi connectivity index (χ1n) is 10.4. The second-order valence-corrected chi connectivity index (χ2v) is 7.87. The van der Waals surface area contributed by atoms with Gasteiger partial charge in [-0.3, -0.25) is 9.78 Å². The Kier molecular flexibility index (Phi) is 7.33. The molecule has 0 radical (unpaired) electrons. The van der Waals surface area contributed by atoms with Crippen molar-refractivity contribution in [2.24, 2.45) is 5.92 Å². The molecular formula is C23H30N4O4. The highest BCUT2D eigenvalue weighted by molar-refractivity contribution is 5.83. The standard InChI is InChI=1S/C23H30N4O4/c1-15(2)26-23(29)27-13-19(18-9-8-17(30-3)11-21(18)31-4)20(14-27)22(28)25-12-16-7-5-6-10-24-16/h5-11,15,19-20H,12-14H2,1-4H3,(H,25,28)(H,26,29). The molecule has 2 atom stereocenters. The van der Waals surface area contributed by atoms with Gasteiger partial charge in [0.25, 0.3) is 0 Å². The van der Waals surface area contributed by atoms with E-state index in [1.165, 1.54) is 0 Å². The molecule has 0 bridgehead atoms. The van der Waals surface area contributed by atoms with Crippen molar-refractivity contribution in [1.82, 2.24) is 20.5 Å². The van der Waals surface area contributed by atoms with Gasteiger partial charge in [0, 0.05) is 42.9 Å². The van der Waals surface area contributed by atoms with Crippen LogP contribution in [-0.4, -0.2) is 55.2 Å². The zero-order valence-corrected chi connectivity index (χ0v) is 18.4. The summed E-state index contributed by atoms with van der Waals surface area (Å²) in [7, 11) is 3.18. The zero-order valence-electron chi connectivity index (χ0n) is 18.4. The Morgan fingerprint density at radius 3 is 2.61 bits per heavy atom. The molecule has 0 spiro atoms. The molecular weight excluding hydrogens is 396 g/mol. The van der Waals surface area contributed by atoms with Crippen LogP contribution in [0.1, 0.15) is 31.0 Å². The van der Waals surface area contributed by atoms with Crippen LogP contribution in [0.4, 0.5) is 4.79 Å². The Balaban J connectivity index is 1.84. The van der Waals surface area contributed by atoms with Crippen molar-refractivity contribution >= 4 is 11.9 Å². The first kappa shape index (κ1) is 22.4. The third-order valence-electron chi connectivity index (χ3n) is 5.37. The van der Waals surface area contributed by atoms with Gasteiger partial charge in [-0.1, -0.05) is 12.1 Å². The van der Waals surface area contributed by atoms with Gasteiger partial charge >= 0.3 is 6.03 Å². The average Bonchev–Trinajstić information content (AvgIpc) is 3.22. The van der Waals surface area contributed by atoms with Crippen LogP contribution in [0.2, 0.25) is 0 Å². The molecule has 31 heavy (non-hydrogen) atoms. The summed E-state index contributed by atoms with van der Waals surface area (Å²) < 4.78 is 10.9. The minimum absolute atomic E-state index is 0.0125. The number of likely N-dealkylation sites (tertiary alicyclic amines) is 1. The molecule has 2 N–H and O–H groups in total. The molecule has 1 saturated heterocycles. The summed E-state index contributed by atoms with van der Waals surface area (Å²) in [5.74, 6) is 0.571. The number of hydrogen-bond donors (Lipinski definition) is 2. The first-order chi connectivity index (χ1) is 14.9. The number of aromatic nitrogens is 1. The van der Waals surface area contributed by atoms with Gasteiger partial charge in [0.15, 0.2) is 0 Å². The number of methoxy groups -OCH3 is 2. The fourth-order valence-electron chi connectivity index (χ4n) is 3.82. The van der Waals surface area contributed by atoms with Crippen LogP contribution in [0.3, 0.4) is 0 Å². The highest BCUT2D eigenvalue weighted by Crippen LogP contribution is 2.39. The maximum absolute atomic E-state index is 13.2. The number of benzene rings is 1. The van der Waals surface area contributed by atoms with E-state index in [1.807, 2.05) is 44.2 Å². The van der Waals surface area contributed by atoms with Gasteiger partial charge in [-0.15, -0.1) is 0 Å². The molecule has 2 unspecified atom stereocenters. The van der Waals surface area contributed by atoms with Crippen molar-refractivity contribution in [1.29, 1.82) is 0 Å². The van der Waals surface area contributed by atoms with Gasteiger partial charge < -0.3 is 25.0 Å². The van der Waals surface area contributed by atoms with E-state index in [0.717, 1.165) is 11.3 Å². The molecule has 8 heteroatoms. The number of hydrogen-bond acceptors (Lipinski definition) is 5. The Bertz CT molecular complexity index is 904. The lowest BCUT2D eigenvalue weighted by molar-refractivity contribution is -0.125. The van der Waals surface area contributed by atoms with Crippen LogP contribution in [0.25, 0.3) is 0 Å². The van der Waals surface area contributed by atoms with Crippen molar-refractivity contribution < 1.29 is 19.1 Å². The van der Waals surface area contributed by atoms with Crippen molar-refractivity contribution in [3.8, 4) is 11.5 Å². The van der Waals surface area contributed by atoms with Crippen LogP contribution in [0.15, 0.2) is 42.6 Å². The fraction of sp³-hybridized carbons (Fsp3) is 0.435. The molecule has 2 heterocycles. The zero-order chi connectivity index (χ0) is 22.4. The third-order valence-corrected chi connectivity index (χ3v) is 5.37.